The highest BCUT2D eigenvalue weighted by Gasteiger charge is 2.17. The van der Waals surface area contributed by atoms with Crippen LogP contribution in [0.15, 0.2) is 34.9 Å². The molecule has 0 saturated heterocycles. The first-order valence-electron chi connectivity index (χ1n) is 12.6. The zero-order valence-electron chi connectivity index (χ0n) is 22.5. The molecule has 0 saturated carbocycles. The van der Waals surface area contributed by atoms with Crippen LogP contribution in [0.5, 0.6) is 5.75 Å². The molecule has 2 aromatic carbocycles. The second-order valence-corrected chi connectivity index (χ2v) is 9.84. The highest BCUT2D eigenvalue weighted by Crippen LogP contribution is 2.32. The van der Waals surface area contributed by atoms with Crippen LogP contribution in [-0.2, 0) is 17.8 Å². The van der Waals surface area contributed by atoms with E-state index in [1.165, 1.54) is 11.1 Å². The lowest BCUT2D eigenvalue weighted by Crippen LogP contribution is -2.36. The average Bonchev–Trinajstić information content (AvgIpc) is 3.36. The molecule has 1 heterocycles. The van der Waals surface area contributed by atoms with Crippen LogP contribution in [-0.4, -0.2) is 71.1 Å². The molecule has 0 spiro atoms. The topological polar surface area (TPSA) is 121 Å². The van der Waals surface area contributed by atoms with Gasteiger partial charge in [0.15, 0.2) is 0 Å². The van der Waals surface area contributed by atoms with Gasteiger partial charge in [-0.3, -0.25) is 4.79 Å². The molecule has 0 fully saturated rings. The van der Waals surface area contributed by atoms with Gasteiger partial charge in [-0.15, -0.1) is 0 Å². The molecule has 3 aromatic rings. The van der Waals surface area contributed by atoms with E-state index in [2.05, 4.69) is 47.4 Å². The SMILES string of the molecule is CCc1cc(-c2noc(-c3cc(CN(C)C)cc(C(C)C)c3)n2)cc(C)c1OC[C@@H](O)CNC(=O)CO. The van der Waals surface area contributed by atoms with E-state index >= 15 is 0 Å². The molecule has 0 bridgehead atoms. The molecular weight excluding hydrogens is 472 g/mol. The average molecular weight is 511 g/mol. The van der Waals surface area contributed by atoms with Crippen molar-refractivity contribution in [2.75, 3.05) is 33.9 Å². The molecule has 3 rings (SSSR count). The lowest BCUT2D eigenvalue weighted by Gasteiger charge is -2.17. The maximum Gasteiger partial charge on any atom is 0.258 e. The molecule has 0 aliphatic rings. The molecule has 9 heteroatoms. The summed E-state index contributed by atoms with van der Waals surface area (Å²) in [5, 5.41) is 25.6. The Morgan fingerprint density at radius 3 is 2.57 bits per heavy atom. The number of ether oxygens (including phenoxy) is 1. The van der Waals surface area contributed by atoms with E-state index in [9.17, 15) is 9.90 Å². The summed E-state index contributed by atoms with van der Waals surface area (Å²) in [5.74, 6) is 1.48. The van der Waals surface area contributed by atoms with Crippen molar-refractivity contribution in [2.24, 2.45) is 0 Å². The van der Waals surface area contributed by atoms with E-state index in [-0.39, 0.29) is 13.2 Å². The van der Waals surface area contributed by atoms with E-state index < -0.39 is 18.6 Å². The number of nitrogens with zero attached hydrogens (tertiary/aromatic N) is 3. The molecule has 9 nitrogen and oxygen atoms in total. The second-order valence-electron chi connectivity index (χ2n) is 9.84. The van der Waals surface area contributed by atoms with Crippen LogP contribution in [0.1, 0.15) is 48.9 Å². The van der Waals surface area contributed by atoms with Crippen molar-refractivity contribution in [1.29, 1.82) is 0 Å². The Morgan fingerprint density at radius 2 is 1.92 bits per heavy atom. The van der Waals surface area contributed by atoms with Crippen LogP contribution in [0.2, 0.25) is 0 Å². The van der Waals surface area contributed by atoms with Crippen molar-refractivity contribution in [3.63, 3.8) is 0 Å². The van der Waals surface area contributed by atoms with Gasteiger partial charge in [0.25, 0.3) is 5.89 Å². The highest BCUT2D eigenvalue weighted by molar-refractivity contribution is 5.76. The van der Waals surface area contributed by atoms with Crippen LogP contribution in [0.4, 0.5) is 0 Å². The molecule has 37 heavy (non-hydrogen) atoms. The summed E-state index contributed by atoms with van der Waals surface area (Å²) in [4.78, 5) is 18.0. The zero-order valence-corrected chi connectivity index (χ0v) is 22.5. The van der Waals surface area contributed by atoms with Crippen LogP contribution in [0, 0.1) is 6.92 Å². The number of hydrogen-bond donors (Lipinski definition) is 3. The van der Waals surface area contributed by atoms with Crippen molar-refractivity contribution < 1.29 is 24.3 Å². The standard InChI is InChI=1S/C28H38N4O5/c1-7-20-11-22(8-18(4)26(20)36-16-24(34)13-29-25(35)15-33)27-30-28(37-31-27)23-10-19(14-32(5)6)9-21(12-23)17(2)3/h8-12,17,24,33-34H,7,13-16H2,1-6H3,(H,29,35)/t24-/m0/s1. The number of aryl methyl sites for hydroxylation is 2. The van der Waals surface area contributed by atoms with Gasteiger partial charge in [0.2, 0.25) is 11.7 Å². The van der Waals surface area contributed by atoms with Gasteiger partial charge in [-0.2, -0.15) is 4.98 Å². The summed E-state index contributed by atoms with van der Waals surface area (Å²) in [5.41, 5.74) is 5.95. The van der Waals surface area contributed by atoms with E-state index in [4.69, 9.17) is 19.4 Å². The van der Waals surface area contributed by atoms with Gasteiger partial charge in [-0.25, -0.2) is 0 Å². The second kappa shape index (κ2) is 12.8. The van der Waals surface area contributed by atoms with E-state index in [0.717, 1.165) is 28.8 Å². The van der Waals surface area contributed by atoms with Crippen molar-refractivity contribution >= 4 is 5.91 Å². The van der Waals surface area contributed by atoms with Gasteiger partial charge in [0.05, 0.1) is 0 Å². The van der Waals surface area contributed by atoms with E-state index in [1.807, 2.05) is 40.1 Å². The van der Waals surface area contributed by atoms with Crippen molar-refractivity contribution in [3.05, 3.63) is 52.6 Å². The minimum Gasteiger partial charge on any atom is -0.490 e. The van der Waals surface area contributed by atoms with Crippen LogP contribution in [0.3, 0.4) is 0 Å². The van der Waals surface area contributed by atoms with Gasteiger partial charge < -0.3 is 29.7 Å². The Hall–Kier alpha value is -3.27. The zero-order chi connectivity index (χ0) is 27.1. The van der Waals surface area contributed by atoms with Crippen molar-refractivity contribution in [3.8, 4) is 28.6 Å². The Bertz CT molecular complexity index is 1210. The minimum absolute atomic E-state index is 0.00210. The van der Waals surface area contributed by atoms with Crippen molar-refractivity contribution in [1.82, 2.24) is 20.4 Å². The molecule has 1 amide bonds. The molecule has 1 aromatic heterocycles. The number of rotatable bonds is 12. The summed E-state index contributed by atoms with van der Waals surface area (Å²) in [6.45, 7) is 8.49. The number of aromatic nitrogens is 2. The molecule has 0 aliphatic heterocycles. The van der Waals surface area contributed by atoms with E-state index in [0.29, 0.717) is 29.8 Å². The Kier molecular flexibility index (Phi) is 9.79. The van der Waals surface area contributed by atoms with Gasteiger partial charge >= 0.3 is 0 Å². The monoisotopic (exact) mass is 510 g/mol. The highest BCUT2D eigenvalue weighted by atomic mass is 16.5. The van der Waals surface area contributed by atoms with E-state index in [1.54, 1.807) is 0 Å². The molecule has 0 unspecified atom stereocenters. The third-order valence-electron chi connectivity index (χ3n) is 5.94. The summed E-state index contributed by atoms with van der Waals surface area (Å²) < 4.78 is 11.6. The third-order valence-corrected chi connectivity index (χ3v) is 5.94. The molecule has 0 radical (unpaired) electrons. The largest absolute Gasteiger partial charge is 0.490 e. The fraction of sp³-hybridized carbons (Fsp3) is 0.464. The summed E-state index contributed by atoms with van der Waals surface area (Å²) >= 11 is 0. The number of carbonyl (C=O) groups is 1. The number of aliphatic hydroxyl groups is 2. The van der Waals surface area contributed by atoms with Gasteiger partial charge in [-0.05, 0) is 79.9 Å². The fourth-order valence-electron chi connectivity index (χ4n) is 4.06. The number of aliphatic hydroxyl groups excluding tert-OH is 2. The summed E-state index contributed by atoms with van der Waals surface area (Å²) in [6.07, 6.45) is -0.200. The molecule has 3 N–H and O–H groups in total. The number of hydrogen-bond acceptors (Lipinski definition) is 8. The van der Waals surface area contributed by atoms with Crippen LogP contribution >= 0.6 is 0 Å². The fourth-order valence-corrected chi connectivity index (χ4v) is 4.06. The maximum atomic E-state index is 11.2. The first kappa shape index (κ1) is 28.3. The Labute approximate surface area is 218 Å². The molecule has 200 valence electrons. The number of nitrogens with one attached hydrogen (secondary N) is 1. The Balaban J connectivity index is 1.83. The predicted molar refractivity (Wildman–Crippen MR) is 142 cm³/mol. The van der Waals surface area contributed by atoms with Crippen LogP contribution in [0.25, 0.3) is 22.8 Å². The number of carbonyl (C=O) groups excluding carboxylic acids is 1. The molecule has 1 atom stereocenters. The Morgan fingerprint density at radius 1 is 1.16 bits per heavy atom. The molecule has 0 aliphatic carbocycles. The van der Waals surface area contributed by atoms with Gasteiger partial charge in [0, 0.05) is 24.2 Å². The first-order valence-corrected chi connectivity index (χ1v) is 12.6. The lowest BCUT2D eigenvalue weighted by atomic mass is 9.97. The number of benzene rings is 2. The maximum absolute atomic E-state index is 11.2. The first-order chi connectivity index (χ1) is 17.6. The normalized spacial score (nSPS) is 12.3. The minimum atomic E-state index is -0.905. The van der Waals surface area contributed by atoms with Gasteiger partial charge in [0.1, 0.15) is 25.1 Å². The van der Waals surface area contributed by atoms with Crippen molar-refractivity contribution in [2.45, 2.75) is 52.7 Å². The quantitative estimate of drug-likeness (QED) is 0.339. The molecular formula is C28H38N4O5. The summed E-state index contributed by atoms with van der Waals surface area (Å²) in [6, 6.07) is 10.3. The summed E-state index contributed by atoms with van der Waals surface area (Å²) in [7, 11) is 4.09. The number of amides is 1. The van der Waals surface area contributed by atoms with Crippen LogP contribution < -0.4 is 10.1 Å². The smallest absolute Gasteiger partial charge is 0.258 e. The predicted octanol–water partition coefficient (Wildman–Crippen LogP) is 3.31. The van der Waals surface area contributed by atoms with Gasteiger partial charge in [-0.1, -0.05) is 32.0 Å². The lowest BCUT2D eigenvalue weighted by molar-refractivity contribution is -0.124. The third kappa shape index (κ3) is 7.61.